The molecule has 1 unspecified atom stereocenters. The van der Waals surface area contributed by atoms with Crippen LogP contribution in [-0.4, -0.2) is 82.1 Å². The molecule has 42 heavy (non-hydrogen) atoms. The smallest absolute Gasteiger partial charge is 0.261 e. The molecule has 12 heteroatoms. The van der Waals surface area contributed by atoms with Gasteiger partial charge in [-0.2, -0.15) is 0 Å². The molecule has 3 aromatic rings. The second-order valence-electron chi connectivity index (χ2n) is 9.80. The van der Waals surface area contributed by atoms with Crippen molar-refractivity contribution in [2.75, 3.05) is 50.7 Å². The van der Waals surface area contributed by atoms with Crippen molar-refractivity contribution in [1.29, 1.82) is 0 Å². The summed E-state index contributed by atoms with van der Waals surface area (Å²) < 4.78 is 51.9. The van der Waals surface area contributed by atoms with Gasteiger partial charge in [0.1, 0.15) is 17.6 Å². The summed E-state index contributed by atoms with van der Waals surface area (Å²) in [5, 5.41) is 2.93. The third kappa shape index (κ3) is 9.00. The Kier molecular flexibility index (Phi) is 10.9. The fraction of sp³-hybridized carbons (Fsp3) is 0.333. The first-order chi connectivity index (χ1) is 20.2. The Morgan fingerprint density at radius 3 is 2.33 bits per heavy atom. The molecular formula is C30H35FN4O6S. The van der Waals surface area contributed by atoms with Gasteiger partial charge in [0.2, 0.25) is 5.91 Å². The van der Waals surface area contributed by atoms with Crippen LogP contribution in [0.15, 0.2) is 83.8 Å². The maximum Gasteiger partial charge on any atom is 0.261 e. The lowest BCUT2D eigenvalue weighted by molar-refractivity contribution is -0.142. The maximum atomic E-state index is 13.3. The standard InChI is InChI=1S/C30H35FN4O6S/c1-23(30(37)32-15-16-34-17-19-40-20-18-34)35(21-24-5-3-2-4-6-24)29(36)22-41-27-11-13-28(14-12-27)42(38,39)33-26-9-7-25(31)8-10-26/h2-14,23,33H,15-22H2,1H3,(H,32,37). The Labute approximate surface area is 245 Å². The quantitative estimate of drug-likeness (QED) is 0.311. The Morgan fingerprint density at radius 1 is 1.00 bits per heavy atom. The minimum absolute atomic E-state index is 0.0291. The van der Waals surface area contributed by atoms with Gasteiger partial charge in [-0.1, -0.05) is 30.3 Å². The van der Waals surface area contributed by atoms with Crippen LogP contribution in [0.5, 0.6) is 5.75 Å². The van der Waals surface area contributed by atoms with E-state index in [1.807, 2.05) is 30.3 Å². The van der Waals surface area contributed by atoms with E-state index in [1.165, 1.54) is 41.3 Å². The lowest BCUT2D eigenvalue weighted by Crippen LogP contribution is -2.50. The van der Waals surface area contributed by atoms with Gasteiger partial charge in [-0.3, -0.25) is 19.2 Å². The molecule has 224 valence electrons. The van der Waals surface area contributed by atoms with Crippen molar-refractivity contribution >= 4 is 27.5 Å². The van der Waals surface area contributed by atoms with E-state index in [4.69, 9.17) is 9.47 Å². The summed E-state index contributed by atoms with van der Waals surface area (Å²) in [6.07, 6.45) is 0. The predicted molar refractivity (Wildman–Crippen MR) is 156 cm³/mol. The van der Waals surface area contributed by atoms with Crippen LogP contribution in [0.2, 0.25) is 0 Å². The molecule has 1 heterocycles. The minimum Gasteiger partial charge on any atom is -0.484 e. The third-order valence-corrected chi connectivity index (χ3v) is 8.18. The van der Waals surface area contributed by atoms with Crippen molar-refractivity contribution in [1.82, 2.24) is 15.1 Å². The molecule has 0 saturated carbocycles. The average molecular weight is 599 g/mol. The summed E-state index contributed by atoms with van der Waals surface area (Å²) in [7, 11) is -3.91. The fourth-order valence-electron chi connectivity index (χ4n) is 4.35. The van der Waals surface area contributed by atoms with Crippen molar-refractivity contribution in [3.8, 4) is 5.75 Å². The number of rotatable bonds is 13. The first kappa shape index (κ1) is 30.9. The van der Waals surface area contributed by atoms with Crippen LogP contribution in [0.4, 0.5) is 10.1 Å². The molecule has 1 saturated heterocycles. The van der Waals surface area contributed by atoms with E-state index < -0.39 is 27.8 Å². The Morgan fingerprint density at radius 2 is 1.67 bits per heavy atom. The first-order valence-electron chi connectivity index (χ1n) is 13.6. The molecule has 1 aliphatic heterocycles. The maximum absolute atomic E-state index is 13.3. The number of sulfonamides is 1. The van der Waals surface area contributed by atoms with Gasteiger partial charge in [0.25, 0.3) is 15.9 Å². The minimum atomic E-state index is -3.91. The van der Waals surface area contributed by atoms with Crippen LogP contribution in [0, 0.1) is 5.82 Å². The largest absolute Gasteiger partial charge is 0.484 e. The topological polar surface area (TPSA) is 117 Å². The number of ether oxygens (including phenoxy) is 2. The van der Waals surface area contributed by atoms with Gasteiger partial charge in [0.15, 0.2) is 6.61 Å². The van der Waals surface area contributed by atoms with Gasteiger partial charge in [-0.25, -0.2) is 12.8 Å². The van der Waals surface area contributed by atoms with E-state index in [9.17, 15) is 22.4 Å². The molecular weight excluding hydrogens is 563 g/mol. The molecule has 0 aliphatic carbocycles. The molecule has 1 aliphatic rings. The molecule has 2 N–H and O–H groups in total. The number of morpholine rings is 1. The Hall–Kier alpha value is -4.00. The number of benzene rings is 3. The number of nitrogens with zero attached hydrogens (tertiary/aromatic N) is 2. The van der Waals surface area contributed by atoms with Gasteiger partial charge in [-0.05, 0) is 61.0 Å². The van der Waals surface area contributed by atoms with Crippen LogP contribution in [-0.2, 0) is 30.9 Å². The van der Waals surface area contributed by atoms with Gasteiger partial charge in [0, 0.05) is 38.4 Å². The molecule has 1 atom stereocenters. The highest BCUT2D eigenvalue weighted by molar-refractivity contribution is 7.92. The number of hydrogen-bond acceptors (Lipinski definition) is 7. The molecule has 3 aromatic carbocycles. The molecule has 4 rings (SSSR count). The second kappa shape index (κ2) is 14.8. The Bertz CT molecular complexity index is 1420. The van der Waals surface area contributed by atoms with E-state index in [2.05, 4.69) is 14.9 Å². The first-order valence-corrected chi connectivity index (χ1v) is 15.1. The van der Waals surface area contributed by atoms with Crippen LogP contribution in [0.25, 0.3) is 0 Å². The second-order valence-corrected chi connectivity index (χ2v) is 11.5. The monoisotopic (exact) mass is 598 g/mol. The van der Waals surface area contributed by atoms with Crippen molar-refractivity contribution < 1.29 is 31.9 Å². The summed E-state index contributed by atoms with van der Waals surface area (Å²) in [6.45, 7) is 5.69. The predicted octanol–water partition coefficient (Wildman–Crippen LogP) is 2.87. The highest BCUT2D eigenvalue weighted by atomic mass is 32.2. The molecule has 0 aromatic heterocycles. The fourth-order valence-corrected chi connectivity index (χ4v) is 5.41. The summed E-state index contributed by atoms with van der Waals surface area (Å²) in [6, 6.07) is 19.1. The molecule has 2 amide bonds. The summed E-state index contributed by atoms with van der Waals surface area (Å²) in [5.74, 6) is -0.860. The van der Waals surface area contributed by atoms with Crippen LogP contribution < -0.4 is 14.8 Å². The van der Waals surface area contributed by atoms with Crippen molar-refractivity contribution in [3.63, 3.8) is 0 Å². The van der Waals surface area contributed by atoms with E-state index in [1.54, 1.807) is 6.92 Å². The lowest BCUT2D eigenvalue weighted by Gasteiger charge is -2.30. The zero-order chi connectivity index (χ0) is 30.0. The van der Waals surface area contributed by atoms with E-state index in [0.717, 1.165) is 30.8 Å². The number of nitrogens with one attached hydrogen (secondary N) is 2. The summed E-state index contributed by atoms with van der Waals surface area (Å²) in [5.41, 5.74) is 1.09. The number of hydrogen-bond donors (Lipinski definition) is 2. The van der Waals surface area contributed by atoms with Gasteiger partial charge in [0.05, 0.1) is 18.1 Å². The molecule has 10 nitrogen and oxygen atoms in total. The van der Waals surface area contributed by atoms with Gasteiger partial charge >= 0.3 is 0 Å². The van der Waals surface area contributed by atoms with Crippen LogP contribution >= 0.6 is 0 Å². The van der Waals surface area contributed by atoms with Crippen molar-refractivity contribution in [2.45, 2.75) is 24.4 Å². The normalized spacial score (nSPS) is 14.5. The summed E-state index contributed by atoms with van der Waals surface area (Å²) in [4.78, 5) is 30.0. The number of halogens is 1. The third-order valence-electron chi connectivity index (χ3n) is 6.79. The molecule has 0 bridgehead atoms. The molecule has 0 radical (unpaired) electrons. The molecule has 1 fully saturated rings. The van der Waals surface area contributed by atoms with Gasteiger partial charge < -0.3 is 19.7 Å². The SMILES string of the molecule is CC(C(=O)NCCN1CCOCC1)N(Cc1ccccc1)C(=O)COc1ccc(S(=O)(=O)Nc2ccc(F)cc2)cc1. The van der Waals surface area contributed by atoms with Gasteiger partial charge in [-0.15, -0.1) is 0 Å². The van der Waals surface area contributed by atoms with E-state index >= 15 is 0 Å². The van der Waals surface area contributed by atoms with Crippen LogP contribution in [0.1, 0.15) is 12.5 Å². The highest BCUT2D eigenvalue weighted by Gasteiger charge is 2.27. The van der Waals surface area contributed by atoms with E-state index in [-0.39, 0.29) is 35.4 Å². The number of anilines is 1. The number of amides is 2. The number of carbonyl (C=O) groups is 2. The van der Waals surface area contributed by atoms with Crippen molar-refractivity contribution in [3.05, 3.63) is 90.2 Å². The zero-order valence-electron chi connectivity index (χ0n) is 23.4. The lowest BCUT2D eigenvalue weighted by atomic mass is 10.1. The van der Waals surface area contributed by atoms with E-state index in [0.29, 0.717) is 26.3 Å². The zero-order valence-corrected chi connectivity index (χ0v) is 24.2. The highest BCUT2D eigenvalue weighted by Crippen LogP contribution is 2.20. The summed E-state index contributed by atoms with van der Waals surface area (Å²) >= 11 is 0. The van der Waals surface area contributed by atoms with Crippen molar-refractivity contribution in [2.24, 2.45) is 0 Å². The molecule has 0 spiro atoms. The number of carbonyl (C=O) groups excluding carboxylic acids is 2. The average Bonchev–Trinajstić information content (AvgIpc) is 3.00. The van der Waals surface area contributed by atoms with Crippen LogP contribution in [0.3, 0.4) is 0 Å². The Balaban J connectivity index is 1.36.